The summed E-state index contributed by atoms with van der Waals surface area (Å²) in [6.07, 6.45) is 0. The van der Waals surface area contributed by atoms with Gasteiger partial charge in [0, 0.05) is 13.1 Å². The molecule has 8 heteroatoms. The molecule has 0 unspecified atom stereocenters. The number of ether oxygens (including phenoxy) is 2. The molecular weight excluding hydrogens is 350 g/mol. The van der Waals surface area contributed by atoms with Crippen LogP contribution in [-0.2, 0) is 15.1 Å². The van der Waals surface area contributed by atoms with Crippen molar-refractivity contribution in [2.24, 2.45) is 0 Å². The maximum Gasteiger partial charge on any atom is 0.325 e. The molecule has 2 aliphatic rings. The molecule has 0 bridgehead atoms. The lowest BCUT2D eigenvalue weighted by Crippen LogP contribution is -2.44. The van der Waals surface area contributed by atoms with Gasteiger partial charge in [0.2, 0.25) is 12.7 Å². The van der Waals surface area contributed by atoms with Gasteiger partial charge in [0.1, 0.15) is 12.1 Å². The number of rotatable bonds is 6. The average molecular weight is 373 g/mol. The number of hydrogen-bond acceptors (Lipinski definition) is 5. The number of benzene rings is 1. The van der Waals surface area contributed by atoms with Crippen molar-refractivity contribution in [2.45, 2.75) is 26.3 Å². The third-order valence-electron chi connectivity index (χ3n) is 4.71. The topological polar surface area (TPSA) is 88.2 Å². The number of carbonyl (C=O) groups excluding carboxylic acids is 3. The van der Waals surface area contributed by atoms with Crippen LogP contribution in [0.15, 0.2) is 30.4 Å². The SMILES string of the molecule is C=C(C)CN(CC)C(=O)CN1C(=O)N[C@@](C)(c2ccc3c(c2)OCO3)C1=O. The van der Waals surface area contributed by atoms with Crippen molar-refractivity contribution < 1.29 is 23.9 Å². The zero-order valence-corrected chi connectivity index (χ0v) is 15.7. The van der Waals surface area contributed by atoms with E-state index in [2.05, 4.69) is 11.9 Å². The Morgan fingerprint density at radius 3 is 2.70 bits per heavy atom. The van der Waals surface area contributed by atoms with E-state index in [9.17, 15) is 14.4 Å². The summed E-state index contributed by atoms with van der Waals surface area (Å²) in [7, 11) is 0. The van der Waals surface area contributed by atoms with Crippen molar-refractivity contribution in [2.75, 3.05) is 26.4 Å². The summed E-state index contributed by atoms with van der Waals surface area (Å²) in [6, 6.07) is 4.48. The second-order valence-electron chi connectivity index (χ2n) is 6.88. The molecule has 8 nitrogen and oxygen atoms in total. The van der Waals surface area contributed by atoms with Crippen LogP contribution in [0.1, 0.15) is 26.3 Å². The minimum Gasteiger partial charge on any atom is -0.454 e. The molecule has 0 spiro atoms. The minimum absolute atomic E-state index is 0.117. The molecule has 1 fully saturated rings. The number of urea groups is 1. The van der Waals surface area contributed by atoms with Crippen LogP contribution in [0.3, 0.4) is 0 Å². The van der Waals surface area contributed by atoms with Gasteiger partial charge in [-0.25, -0.2) is 4.79 Å². The number of amides is 4. The molecule has 27 heavy (non-hydrogen) atoms. The fourth-order valence-corrected chi connectivity index (χ4v) is 3.18. The predicted octanol–water partition coefficient (Wildman–Crippen LogP) is 1.61. The Labute approximate surface area is 157 Å². The van der Waals surface area contributed by atoms with Gasteiger partial charge in [-0.1, -0.05) is 18.2 Å². The summed E-state index contributed by atoms with van der Waals surface area (Å²) >= 11 is 0. The van der Waals surface area contributed by atoms with Gasteiger partial charge in [-0.15, -0.1) is 0 Å². The van der Waals surface area contributed by atoms with Crippen molar-refractivity contribution in [1.82, 2.24) is 15.1 Å². The number of imide groups is 1. The van der Waals surface area contributed by atoms with Gasteiger partial charge in [-0.3, -0.25) is 14.5 Å². The average Bonchev–Trinajstić information content (AvgIpc) is 3.17. The van der Waals surface area contributed by atoms with E-state index < -0.39 is 17.5 Å². The van der Waals surface area contributed by atoms with Crippen molar-refractivity contribution >= 4 is 17.8 Å². The highest BCUT2D eigenvalue weighted by Crippen LogP contribution is 2.37. The van der Waals surface area contributed by atoms with Gasteiger partial charge < -0.3 is 19.7 Å². The Morgan fingerprint density at radius 1 is 1.33 bits per heavy atom. The molecule has 3 rings (SSSR count). The highest BCUT2D eigenvalue weighted by atomic mass is 16.7. The summed E-state index contributed by atoms with van der Waals surface area (Å²) in [5.74, 6) is 0.318. The second kappa shape index (κ2) is 6.94. The maximum atomic E-state index is 13.0. The highest BCUT2D eigenvalue weighted by Gasteiger charge is 2.50. The summed E-state index contributed by atoms with van der Waals surface area (Å²) < 4.78 is 10.6. The van der Waals surface area contributed by atoms with Crippen LogP contribution in [0.5, 0.6) is 11.5 Å². The van der Waals surface area contributed by atoms with Crippen molar-refractivity contribution in [3.8, 4) is 11.5 Å². The Kier molecular flexibility index (Phi) is 4.82. The summed E-state index contributed by atoms with van der Waals surface area (Å²) in [4.78, 5) is 40.5. The van der Waals surface area contributed by atoms with Crippen LogP contribution in [0.25, 0.3) is 0 Å². The van der Waals surface area contributed by atoms with Crippen molar-refractivity contribution in [3.63, 3.8) is 0 Å². The van der Waals surface area contributed by atoms with Gasteiger partial charge in [-0.2, -0.15) is 0 Å². The van der Waals surface area contributed by atoms with Crippen LogP contribution in [0, 0.1) is 0 Å². The number of fused-ring (bicyclic) bond motifs is 1. The first-order valence-electron chi connectivity index (χ1n) is 8.72. The van der Waals surface area contributed by atoms with Crippen LogP contribution >= 0.6 is 0 Å². The van der Waals surface area contributed by atoms with E-state index in [1.165, 1.54) is 0 Å². The molecule has 0 aromatic heterocycles. The molecule has 4 amide bonds. The van der Waals surface area contributed by atoms with E-state index in [1.54, 1.807) is 30.0 Å². The largest absolute Gasteiger partial charge is 0.454 e. The van der Waals surface area contributed by atoms with Crippen molar-refractivity contribution in [1.29, 1.82) is 0 Å². The number of hydrogen-bond donors (Lipinski definition) is 1. The molecule has 1 saturated heterocycles. The Balaban J connectivity index is 1.80. The van der Waals surface area contributed by atoms with Crippen molar-refractivity contribution in [3.05, 3.63) is 35.9 Å². The molecule has 0 aliphatic carbocycles. The van der Waals surface area contributed by atoms with Gasteiger partial charge in [0.15, 0.2) is 11.5 Å². The van der Waals surface area contributed by atoms with Crippen LogP contribution in [0.2, 0.25) is 0 Å². The molecule has 1 N–H and O–H groups in total. The lowest BCUT2D eigenvalue weighted by molar-refractivity contribution is -0.138. The number of likely N-dealkylation sites (N-methyl/N-ethyl adjacent to an activating group) is 1. The molecule has 0 saturated carbocycles. The maximum absolute atomic E-state index is 13.0. The molecule has 1 aromatic carbocycles. The summed E-state index contributed by atoms with van der Waals surface area (Å²) in [5.41, 5.74) is 0.117. The fraction of sp³-hybridized carbons (Fsp3) is 0.421. The fourth-order valence-electron chi connectivity index (χ4n) is 3.18. The van der Waals surface area contributed by atoms with Crippen LogP contribution in [-0.4, -0.2) is 54.1 Å². The van der Waals surface area contributed by atoms with E-state index in [4.69, 9.17) is 9.47 Å². The highest BCUT2D eigenvalue weighted by molar-refractivity contribution is 6.09. The number of nitrogens with one attached hydrogen (secondary N) is 1. The van der Waals surface area contributed by atoms with Crippen LogP contribution in [0.4, 0.5) is 4.79 Å². The molecule has 1 aromatic rings. The molecule has 2 aliphatic heterocycles. The Morgan fingerprint density at radius 2 is 2.04 bits per heavy atom. The van der Waals surface area contributed by atoms with Gasteiger partial charge in [0.05, 0.1) is 0 Å². The molecule has 0 radical (unpaired) electrons. The lowest BCUT2D eigenvalue weighted by Gasteiger charge is -2.24. The summed E-state index contributed by atoms with van der Waals surface area (Å²) in [6.45, 7) is 9.73. The Hall–Kier alpha value is -3.03. The standard InChI is InChI=1S/C19H23N3O5/c1-5-21(9-12(2)3)16(23)10-22-17(24)19(4,20-18(22)25)13-6-7-14-15(8-13)27-11-26-14/h6-8H,2,5,9-11H2,1,3-4H3,(H,20,25)/t19-/m0/s1. The third kappa shape index (κ3) is 3.34. The Bertz CT molecular complexity index is 822. The first-order chi connectivity index (χ1) is 12.8. The number of carbonyl (C=O) groups is 3. The van der Waals surface area contributed by atoms with Gasteiger partial charge in [0.25, 0.3) is 5.91 Å². The zero-order valence-electron chi connectivity index (χ0n) is 15.7. The second-order valence-corrected chi connectivity index (χ2v) is 6.88. The number of nitrogens with zero attached hydrogens (tertiary/aromatic N) is 2. The summed E-state index contributed by atoms with van der Waals surface area (Å²) in [5, 5.41) is 2.69. The minimum atomic E-state index is -1.27. The molecule has 1 atom stereocenters. The van der Waals surface area contributed by atoms with E-state index in [1.807, 2.05) is 13.8 Å². The van der Waals surface area contributed by atoms with E-state index in [0.717, 1.165) is 10.5 Å². The zero-order chi connectivity index (χ0) is 19.8. The quantitative estimate of drug-likeness (QED) is 0.605. The first kappa shape index (κ1) is 18.8. The van der Waals surface area contributed by atoms with E-state index in [0.29, 0.717) is 30.2 Å². The third-order valence-corrected chi connectivity index (χ3v) is 4.71. The smallest absolute Gasteiger partial charge is 0.325 e. The van der Waals surface area contributed by atoms with E-state index in [-0.39, 0.29) is 19.2 Å². The normalized spacial score (nSPS) is 20.6. The molecule has 144 valence electrons. The molecule has 2 heterocycles. The van der Waals surface area contributed by atoms with Gasteiger partial charge >= 0.3 is 6.03 Å². The predicted molar refractivity (Wildman–Crippen MR) is 97.2 cm³/mol. The first-order valence-corrected chi connectivity index (χ1v) is 8.72. The van der Waals surface area contributed by atoms with Crippen LogP contribution < -0.4 is 14.8 Å². The lowest BCUT2D eigenvalue weighted by atomic mass is 9.91. The molecular formula is C19H23N3O5. The van der Waals surface area contributed by atoms with E-state index >= 15 is 0 Å². The monoisotopic (exact) mass is 373 g/mol. The van der Waals surface area contributed by atoms with Gasteiger partial charge in [-0.05, 0) is 38.5 Å².